The summed E-state index contributed by atoms with van der Waals surface area (Å²) in [4.78, 5) is 10.6. The Hall–Kier alpha value is -1.61. The maximum Gasteiger partial charge on any atom is 0.152 e. The van der Waals surface area contributed by atoms with Gasteiger partial charge in [0.05, 0.1) is 13.7 Å². The Bertz CT molecular complexity index is 379. The van der Waals surface area contributed by atoms with Gasteiger partial charge in [0.15, 0.2) is 5.78 Å². The van der Waals surface area contributed by atoms with E-state index in [4.69, 9.17) is 9.47 Å². The third-order valence-electron chi connectivity index (χ3n) is 2.44. The standard InChI is InChI=1S/C15H20O3/c1-13(16)6-4-3-5-11-18-12-14-7-9-15(17-2)10-8-14/h4,6-10H,3,5,11-12H2,1-2H3/b6-4+. The SMILES string of the molecule is COc1ccc(COCCC/C=C/C(C)=O)cc1. The number of unbranched alkanes of at least 4 members (excludes halogenated alkanes) is 1. The van der Waals surface area contributed by atoms with Gasteiger partial charge in [-0.25, -0.2) is 0 Å². The van der Waals surface area contributed by atoms with Gasteiger partial charge in [0.1, 0.15) is 5.75 Å². The Morgan fingerprint density at radius 3 is 2.61 bits per heavy atom. The average Bonchev–Trinajstić information content (AvgIpc) is 2.38. The Morgan fingerprint density at radius 1 is 1.28 bits per heavy atom. The number of carbonyl (C=O) groups excluding carboxylic acids is 1. The van der Waals surface area contributed by atoms with Gasteiger partial charge >= 0.3 is 0 Å². The third kappa shape index (κ3) is 6.21. The van der Waals surface area contributed by atoms with E-state index in [1.54, 1.807) is 20.1 Å². The minimum Gasteiger partial charge on any atom is -0.497 e. The minimum absolute atomic E-state index is 0.0918. The second-order valence-corrected chi connectivity index (χ2v) is 4.06. The Morgan fingerprint density at radius 2 is 2.00 bits per heavy atom. The summed E-state index contributed by atoms with van der Waals surface area (Å²) in [7, 11) is 1.65. The van der Waals surface area contributed by atoms with Crippen LogP contribution in [0.5, 0.6) is 5.75 Å². The molecule has 18 heavy (non-hydrogen) atoms. The molecule has 0 bridgehead atoms. The summed E-state index contributed by atoms with van der Waals surface area (Å²) in [6, 6.07) is 7.84. The Balaban J connectivity index is 2.12. The van der Waals surface area contributed by atoms with Crippen LogP contribution in [0.25, 0.3) is 0 Å². The number of ether oxygens (including phenoxy) is 2. The van der Waals surface area contributed by atoms with Crippen molar-refractivity contribution in [3.63, 3.8) is 0 Å². The van der Waals surface area contributed by atoms with E-state index in [2.05, 4.69) is 0 Å². The van der Waals surface area contributed by atoms with Crippen LogP contribution in [0.4, 0.5) is 0 Å². The molecule has 0 N–H and O–H groups in total. The fourth-order valence-corrected chi connectivity index (χ4v) is 1.46. The molecule has 3 nitrogen and oxygen atoms in total. The number of methoxy groups -OCH3 is 1. The molecule has 0 fully saturated rings. The van der Waals surface area contributed by atoms with Crippen LogP contribution in [0.2, 0.25) is 0 Å². The van der Waals surface area contributed by atoms with Gasteiger partial charge in [-0.3, -0.25) is 4.79 Å². The molecule has 0 amide bonds. The van der Waals surface area contributed by atoms with E-state index >= 15 is 0 Å². The number of carbonyl (C=O) groups is 1. The van der Waals surface area contributed by atoms with E-state index in [1.807, 2.05) is 30.3 Å². The van der Waals surface area contributed by atoms with Crippen molar-refractivity contribution in [3.8, 4) is 5.75 Å². The summed E-state index contributed by atoms with van der Waals surface area (Å²) in [5, 5.41) is 0. The van der Waals surface area contributed by atoms with E-state index in [0.29, 0.717) is 13.2 Å². The Labute approximate surface area is 108 Å². The molecule has 0 unspecified atom stereocenters. The zero-order valence-corrected chi connectivity index (χ0v) is 11.0. The molecule has 0 atom stereocenters. The highest BCUT2D eigenvalue weighted by molar-refractivity contribution is 5.87. The lowest BCUT2D eigenvalue weighted by atomic mass is 10.2. The van der Waals surface area contributed by atoms with Gasteiger partial charge in [-0.2, -0.15) is 0 Å². The molecule has 1 aromatic carbocycles. The van der Waals surface area contributed by atoms with E-state index in [1.165, 1.54) is 0 Å². The number of ketones is 1. The van der Waals surface area contributed by atoms with Gasteiger partial charge in [0.25, 0.3) is 0 Å². The first-order valence-electron chi connectivity index (χ1n) is 6.10. The molecule has 0 aliphatic rings. The van der Waals surface area contributed by atoms with Gasteiger partial charge in [-0.05, 0) is 43.5 Å². The van der Waals surface area contributed by atoms with Crippen LogP contribution < -0.4 is 4.74 Å². The fourth-order valence-electron chi connectivity index (χ4n) is 1.46. The number of hydrogen-bond acceptors (Lipinski definition) is 3. The number of rotatable bonds is 8. The highest BCUT2D eigenvalue weighted by Gasteiger charge is 1.94. The Kier molecular flexibility index (Phi) is 6.81. The van der Waals surface area contributed by atoms with E-state index in [9.17, 15) is 4.79 Å². The maximum absolute atomic E-state index is 10.6. The zero-order valence-electron chi connectivity index (χ0n) is 11.0. The molecule has 0 aliphatic carbocycles. The van der Waals surface area contributed by atoms with Crippen LogP contribution in [0.15, 0.2) is 36.4 Å². The van der Waals surface area contributed by atoms with E-state index in [-0.39, 0.29) is 5.78 Å². The number of benzene rings is 1. The van der Waals surface area contributed by atoms with Gasteiger partial charge < -0.3 is 9.47 Å². The van der Waals surface area contributed by atoms with Gasteiger partial charge in [-0.1, -0.05) is 18.2 Å². The first kappa shape index (κ1) is 14.5. The van der Waals surface area contributed by atoms with Crippen molar-refractivity contribution < 1.29 is 14.3 Å². The lowest BCUT2D eigenvalue weighted by Gasteiger charge is -2.04. The number of hydrogen-bond donors (Lipinski definition) is 0. The lowest BCUT2D eigenvalue weighted by molar-refractivity contribution is -0.112. The average molecular weight is 248 g/mol. The van der Waals surface area contributed by atoms with Crippen molar-refractivity contribution in [3.05, 3.63) is 42.0 Å². The van der Waals surface area contributed by atoms with Crippen molar-refractivity contribution >= 4 is 5.78 Å². The largest absolute Gasteiger partial charge is 0.497 e. The van der Waals surface area contributed by atoms with Crippen LogP contribution >= 0.6 is 0 Å². The second-order valence-electron chi connectivity index (χ2n) is 4.06. The molecule has 1 rings (SSSR count). The highest BCUT2D eigenvalue weighted by Crippen LogP contribution is 2.12. The van der Waals surface area contributed by atoms with Crippen LogP contribution in [-0.4, -0.2) is 19.5 Å². The summed E-state index contributed by atoms with van der Waals surface area (Å²) in [6.45, 7) is 2.87. The molecule has 0 spiro atoms. The monoisotopic (exact) mass is 248 g/mol. The van der Waals surface area contributed by atoms with Gasteiger partial charge in [-0.15, -0.1) is 0 Å². The molecule has 0 saturated carbocycles. The van der Waals surface area contributed by atoms with E-state index in [0.717, 1.165) is 24.2 Å². The summed E-state index contributed by atoms with van der Waals surface area (Å²) < 4.78 is 10.6. The third-order valence-corrected chi connectivity index (χ3v) is 2.44. The predicted octanol–water partition coefficient (Wildman–Crippen LogP) is 3.14. The fraction of sp³-hybridized carbons (Fsp3) is 0.400. The summed E-state index contributed by atoms with van der Waals surface area (Å²) in [5.41, 5.74) is 1.13. The first-order chi connectivity index (χ1) is 8.72. The van der Waals surface area contributed by atoms with Crippen molar-refractivity contribution in [2.75, 3.05) is 13.7 Å². The van der Waals surface area contributed by atoms with Crippen LogP contribution in [0.1, 0.15) is 25.3 Å². The van der Waals surface area contributed by atoms with Gasteiger partial charge in [0.2, 0.25) is 0 Å². The minimum atomic E-state index is 0.0918. The summed E-state index contributed by atoms with van der Waals surface area (Å²) >= 11 is 0. The molecule has 3 heteroatoms. The zero-order chi connectivity index (χ0) is 13.2. The molecule has 0 radical (unpaired) electrons. The normalized spacial score (nSPS) is 10.8. The van der Waals surface area contributed by atoms with Crippen molar-refractivity contribution in [2.45, 2.75) is 26.4 Å². The summed E-state index contributed by atoms with van der Waals surface area (Å²) in [5.74, 6) is 0.947. The molecule has 0 aliphatic heterocycles. The smallest absolute Gasteiger partial charge is 0.152 e. The molecule has 0 heterocycles. The topological polar surface area (TPSA) is 35.5 Å². The van der Waals surface area contributed by atoms with Crippen LogP contribution in [-0.2, 0) is 16.1 Å². The van der Waals surface area contributed by atoms with Gasteiger partial charge in [0, 0.05) is 6.61 Å². The second kappa shape index (κ2) is 8.48. The molecule has 98 valence electrons. The summed E-state index contributed by atoms with van der Waals surface area (Å²) in [6.07, 6.45) is 5.30. The molecular weight excluding hydrogens is 228 g/mol. The predicted molar refractivity (Wildman–Crippen MR) is 71.7 cm³/mol. The molecular formula is C15H20O3. The van der Waals surface area contributed by atoms with Crippen LogP contribution in [0.3, 0.4) is 0 Å². The highest BCUT2D eigenvalue weighted by atomic mass is 16.5. The first-order valence-corrected chi connectivity index (χ1v) is 6.10. The quantitative estimate of drug-likeness (QED) is 0.523. The maximum atomic E-state index is 10.6. The van der Waals surface area contributed by atoms with Crippen molar-refractivity contribution in [2.24, 2.45) is 0 Å². The molecule has 0 saturated heterocycles. The van der Waals surface area contributed by atoms with Crippen LogP contribution in [0, 0.1) is 0 Å². The number of allylic oxidation sites excluding steroid dienone is 2. The van der Waals surface area contributed by atoms with E-state index < -0.39 is 0 Å². The molecule has 0 aromatic heterocycles. The van der Waals surface area contributed by atoms with Crippen molar-refractivity contribution in [1.29, 1.82) is 0 Å². The lowest BCUT2D eigenvalue weighted by Crippen LogP contribution is -1.95. The molecule has 1 aromatic rings. The van der Waals surface area contributed by atoms with Crippen molar-refractivity contribution in [1.82, 2.24) is 0 Å².